The maximum atomic E-state index is 13.2. The zero-order valence-electron chi connectivity index (χ0n) is 17.6. The Kier molecular flexibility index (Phi) is 6.55. The van der Waals surface area contributed by atoms with Crippen LogP contribution in [0.5, 0.6) is 5.75 Å². The summed E-state index contributed by atoms with van der Waals surface area (Å²) in [5.74, 6) is 0.122. The van der Waals surface area contributed by atoms with Gasteiger partial charge in [-0.05, 0) is 48.0 Å². The summed E-state index contributed by atoms with van der Waals surface area (Å²) >= 11 is 0. The average Bonchev–Trinajstić information content (AvgIpc) is 2.78. The lowest BCUT2D eigenvalue weighted by Crippen LogP contribution is -2.64. The van der Waals surface area contributed by atoms with Gasteiger partial charge in [-0.2, -0.15) is 0 Å². The molecule has 1 fully saturated rings. The first-order valence-electron chi connectivity index (χ1n) is 10.2. The van der Waals surface area contributed by atoms with Gasteiger partial charge in [-0.15, -0.1) is 0 Å². The van der Waals surface area contributed by atoms with Crippen LogP contribution in [0, 0.1) is 0 Å². The van der Waals surface area contributed by atoms with Crippen molar-refractivity contribution in [3.8, 4) is 5.75 Å². The molecule has 5 nitrogen and oxygen atoms in total. The molecule has 1 aliphatic rings. The predicted molar refractivity (Wildman–Crippen MR) is 115 cm³/mol. The van der Waals surface area contributed by atoms with E-state index in [1.165, 1.54) is 4.90 Å². The first kappa shape index (κ1) is 21.3. The molecule has 0 radical (unpaired) electrons. The number of nitrogens with zero attached hydrogens (tertiary/aromatic N) is 1. The number of carbonyl (C=O) groups is 2. The standard InChI is InChI=1S/C23H29NO4Si/c1-5-29(6-2,7-3)28-21-20(17-11-9-8-10-12-17)24(23(21)26)22(25)18-13-15-19(27-4)16-14-18/h8-16,20-21H,5-7H2,1-4H3/t20-,21+/m0/s1. The van der Waals surface area contributed by atoms with Crippen molar-refractivity contribution in [2.45, 2.75) is 51.0 Å². The molecular weight excluding hydrogens is 382 g/mol. The van der Waals surface area contributed by atoms with Crippen molar-refractivity contribution in [3.63, 3.8) is 0 Å². The fraction of sp³-hybridized carbons (Fsp3) is 0.391. The van der Waals surface area contributed by atoms with Crippen LogP contribution in [-0.2, 0) is 9.22 Å². The number of benzene rings is 2. The van der Waals surface area contributed by atoms with Crippen LogP contribution >= 0.6 is 0 Å². The van der Waals surface area contributed by atoms with E-state index in [2.05, 4.69) is 20.8 Å². The highest BCUT2D eigenvalue weighted by Crippen LogP contribution is 2.41. The summed E-state index contributed by atoms with van der Waals surface area (Å²) < 4.78 is 11.7. The Balaban J connectivity index is 1.92. The van der Waals surface area contributed by atoms with Gasteiger partial charge >= 0.3 is 0 Å². The number of β-lactam (4-membered cyclic amide) rings is 1. The van der Waals surface area contributed by atoms with Crippen LogP contribution in [0.25, 0.3) is 0 Å². The molecule has 2 amide bonds. The van der Waals surface area contributed by atoms with Crippen molar-refractivity contribution in [1.29, 1.82) is 0 Å². The van der Waals surface area contributed by atoms with Crippen molar-refractivity contribution in [3.05, 3.63) is 65.7 Å². The molecule has 0 unspecified atom stereocenters. The summed E-state index contributed by atoms with van der Waals surface area (Å²) in [5, 5.41) is 0. The minimum atomic E-state index is -2.00. The fourth-order valence-electron chi connectivity index (χ4n) is 3.92. The molecule has 2 aromatic carbocycles. The van der Waals surface area contributed by atoms with E-state index in [-0.39, 0.29) is 11.8 Å². The minimum absolute atomic E-state index is 0.244. The minimum Gasteiger partial charge on any atom is -0.497 e. The third kappa shape index (κ3) is 4.00. The molecule has 0 spiro atoms. The number of methoxy groups -OCH3 is 1. The van der Waals surface area contributed by atoms with E-state index in [9.17, 15) is 9.59 Å². The SMILES string of the molecule is CC[Si](CC)(CC)O[C@H]1C(=O)N(C(=O)c2ccc(OC)cc2)[C@H]1c1ccccc1. The zero-order valence-corrected chi connectivity index (χ0v) is 18.6. The molecule has 2 atom stereocenters. The molecular formula is C23H29NO4Si. The van der Waals surface area contributed by atoms with Gasteiger partial charge in [0.2, 0.25) is 0 Å². The van der Waals surface area contributed by atoms with Gasteiger partial charge in [0.15, 0.2) is 14.4 Å². The van der Waals surface area contributed by atoms with Gasteiger partial charge in [-0.3, -0.25) is 14.5 Å². The van der Waals surface area contributed by atoms with Crippen molar-refractivity contribution < 1.29 is 18.8 Å². The topological polar surface area (TPSA) is 55.8 Å². The van der Waals surface area contributed by atoms with Crippen LogP contribution in [0.2, 0.25) is 18.1 Å². The van der Waals surface area contributed by atoms with Crippen LogP contribution < -0.4 is 4.74 Å². The normalized spacial score (nSPS) is 19.0. The van der Waals surface area contributed by atoms with Crippen molar-refractivity contribution in [1.82, 2.24) is 4.90 Å². The fourth-order valence-corrected chi connectivity index (χ4v) is 6.69. The number of imide groups is 1. The lowest BCUT2D eigenvalue weighted by molar-refractivity contribution is -0.158. The van der Waals surface area contributed by atoms with E-state index in [1.807, 2.05) is 30.3 Å². The van der Waals surface area contributed by atoms with E-state index in [0.29, 0.717) is 11.3 Å². The van der Waals surface area contributed by atoms with E-state index >= 15 is 0 Å². The Morgan fingerprint density at radius 1 is 0.966 bits per heavy atom. The van der Waals surface area contributed by atoms with Crippen LogP contribution in [0.15, 0.2) is 54.6 Å². The Morgan fingerprint density at radius 3 is 2.07 bits per heavy atom. The lowest BCUT2D eigenvalue weighted by atomic mass is 9.90. The molecule has 2 aromatic rings. The van der Waals surface area contributed by atoms with E-state index in [0.717, 1.165) is 23.7 Å². The third-order valence-electron chi connectivity index (χ3n) is 6.05. The smallest absolute Gasteiger partial charge is 0.261 e. The average molecular weight is 412 g/mol. The molecule has 0 N–H and O–H groups in total. The van der Waals surface area contributed by atoms with E-state index in [1.54, 1.807) is 31.4 Å². The first-order valence-corrected chi connectivity index (χ1v) is 12.8. The summed E-state index contributed by atoms with van der Waals surface area (Å²) in [6.45, 7) is 6.42. The molecule has 0 aromatic heterocycles. The number of rotatable bonds is 8. The quantitative estimate of drug-likeness (QED) is 0.355. The highest BCUT2D eigenvalue weighted by molar-refractivity contribution is 6.73. The molecule has 1 heterocycles. The zero-order chi connectivity index (χ0) is 21.0. The highest BCUT2D eigenvalue weighted by atomic mass is 28.4. The monoisotopic (exact) mass is 411 g/mol. The van der Waals surface area contributed by atoms with E-state index in [4.69, 9.17) is 9.16 Å². The van der Waals surface area contributed by atoms with Gasteiger partial charge < -0.3 is 9.16 Å². The highest BCUT2D eigenvalue weighted by Gasteiger charge is 2.54. The Labute approximate surface area is 173 Å². The molecule has 0 saturated carbocycles. The third-order valence-corrected chi connectivity index (χ3v) is 10.7. The molecule has 1 aliphatic heterocycles. The van der Waals surface area contributed by atoms with E-state index < -0.39 is 20.5 Å². The first-order chi connectivity index (χ1) is 14.0. The summed E-state index contributed by atoms with van der Waals surface area (Å²) in [5.41, 5.74) is 1.38. The molecule has 1 saturated heterocycles. The molecule has 6 heteroatoms. The number of amides is 2. The summed E-state index contributed by atoms with van der Waals surface area (Å²) in [6.07, 6.45) is -0.592. The van der Waals surface area contributed by atoms with Gasteiger partial charge in [-0.25, -0.2) is 0 Å². The molecule has 0 aliphatic carbocycles. The van der Waals surface area contributed by atoms with Crippen LogP contribution in [0.1, 0.15) is 42.7 Å². The number of ether oxygens (including phenoxy) is 1. The van der Waals surface area contributed by atoms with Crippen molar-refractivity contribution >= 4 is 20.1 Å². The number of likely N-dealkylation sites (tertiary alicyclic amines) is 1. The summed E-state index contributed by atoms with van der Waals surface area (Å²) in [6, 6.07) is 19.0. The second-order valence-electron chi connectivity index (χ2n) is 7.38. The second kappa shape index (κ2) is 8.92. The van der Waals surface area contributed by atoms with Gasteiger partial charge in [-0.1, -0.05) is 51.1 Å². The molecule has 154 valence electrons. The van der Waals surface area contributed by atoms with Crippen LogP contribution in [-0.4, -0.2) is 38.2 Å². The van der Waals surface area contributed by atoms with Gasteiger partial charge in [0.1, 0.15) is 5.75 Å². The van der Waals surface area contributed by atoms with Gasteiger partial charge in [0.05, 0.1) is 13.2 Å². The molecule has 0 bridgehead atoms. The van der Waals surface area contributed by atoms with Crippen molar-refractivity contribution in [2.24, 2.45) is 0 Å². The number of hydrogen-bond acceptors (Lipinski definition) is 4. The maximum absolute atomic E-state index is 13.2. The Morgan fingerprint density at radius 2 is 1.55 bits per heavy atom. The maximum Gasteiger partial charge on any atom is 0.261 e. The summed E-state index contributed by atoms with van der Waals surface area (Å²) in [7, 11) is -0.420. The number of carbonyl (C=O) groups excluding carboxylic acids is 2. The summed E-state index contributed by atoms with van der Waals surface area (Å²) in [4.78, 5) is 27.6. The lowest BCUT2D eigenvalue weighted by Gasteiger charge is -2.48. The van der Waals surface area contributed by atoms with Crippen LogP contribution in [0.4, 0.5) is 0 Å². The largest absolute Gasteiger partial charge is 0.497 e. The Bertz CT molecular complexity index is 841. The van der Waals surface area contributed by atoms with Crippen molar-refractivity contribution in [2.75, 3.05) is 7.11 Å². The number of hydrogen-bond donors (Lipinski definition) is 0. The van der Waals surface area contributed by atoms with Gasteiger partial charge in [0, 0.05) is 5.56 Å². The molecule has 3 rings (SSSR count). The van der Waals surface area contributed by atoms with Gasteiger partial charge in [0.25, 0.3) is 11.8 Å². The molecule has 29 heavy (non-hydrogen) atoms. The van der Waals surface area contributed by atoms with Crippen LogP contribution in [0.3, 0.4) is 0 Å². The second-order valence-corrected chi connectivity index (χ2v) is 12.1. The predicted octanol–water partition coefficient (Wildman–Crippen LogP) is 4.81. The Hall–Kier alpha value is -2.44.